The highest BCUT2D eigenvalue weighted by Crippen LogP contribution is 2.25. The maximum atomic E-state index is 12.6. The zero-order valence-electron chi connectivity index (χ0n) is 20.3. The zero-order chi connectivity index (χ0) is 25.9. The van der Waals surface area contributed by atoms with Gasteiger partial charge in [0.1, 0.15) is 17.2 Å². The van der Waals surface area contributed by atoms with Crippen LogP contribution in [0.4, 0.5) is 0 Å². The maximum Gasteiger partial charge on any atom is 0.343 e. The second-order valence-electron chi connectivity index (χ2n) is 8.02. The van der Waals surface area contributed by atoms with E-state index in [1.807, 2.05) is 19.1 Å². The molecule has 0 radical (unpaired) electrons. The molecule has 0 saturated carbocycles. The molecule has 0 aliphatic rings. The molecule has 0 heterocycles. The van der Waals surface area contributed by atoms with Gasteiger partial charge in [0.15, 0.2) is 0 Å². The predicted octanol–water partition coefficient (Wildman–Crippen LogP) is 5.63. The van der Waals surface area contributed by atoms with Crippen molar-refractivity contribution >= 4 is 17.9 Å². The van der Waals surface area contributed by atoms with Crippen LogP contribution in [0.25, 0.3) is 0 Å². The van der Waals surface area contributed by atoms with Crippen molar-refractivity contribution in [3.8, 4) is 17.2 Å². The first-order valence-corrected chi connectivity index (χ1v) is 11.5. The van der Waals surface area contributed by atoms with Crippen molar-refractivity contribution in [1.82, 2.24) is 0 Å². The highest BCUT2D eigenvalue weighted by atomic mass is 16.5. The van der Waals surface area contributed by atoms with Gasteiger partial charge >= 0.3 is 17.9 Å². The number of aryl methyl sites for hydroxylation is 2. The summed E-state index contributed by atoms with van der Waals surface area (Å²) in [5, 5.41) is 0. The minimum atomic E-state index is -0.516. The molecule has 0 atom stereocenters. The fourth-order valence-corrected chi connectivity index (χ4v) is 3.13. The molecule has 0 spiro atoms. The van der Waals surface area contributed by atoms with E-state index in [9.17, 15) is 14.4 Å². The molecule has 0 unspecified atom stereocenters. The Morgan fingerprint density at radius 2 is 1.33 bits per heavy atom. The lowest BCUT2D eigenvalue weighted by atomic mass is 10.1. The van der Waals surface area contributed by atoms with Gasteiger partial charge in [0.25, 0.3) is 0 Å². The van der Waals surface area contributed by atoms with Gasteiger partial charge in [0, 0.05) is 6.08 Å². The molecular weight excluding hydrogens is 460 g/mol. The summed E-state index contributed by atoms with van der Waals surface area (Å²) in [5.41, 5.74) is 2.52. The second kappa shape index (κ2) is 12.9. The molecule has 0 aliphatic heterocycles. The number of benzene rings is 3. The van der Waals surface area contributed by atoms with Crippen molar-refractivity contribution in [3.63, 3.8) is 0 Å². The Hall–Kier alpha value is -4.39. The van der Waals surface area contributed by atoms with Crippen LogP contribution in [0.2, 0.25) is 0 Å². The fourth-order valence-electron chi connectivity index (χ4n) is 3.13. The van der Waals surface area contributed by atoms with Crippen LogP contribution in [0.3, 0.4) is 0 Å². The molecule has 0 bridgehead atoms. The Balaban J connectivity index is 1.48. The van der Waals surface area contributed by atoms with E-state index >= 15 is 0 Å². The van der Waals surface area contributed by atoms with Gasteiger partial charge in [-0.15, -0.1) is 0 Å². The molecule has 7 nitrogen and oxygen atoms in total. The molecule has 0 N–H and O–H groups in total. The van der Waals surface area contributed by atoms with Crippen LogP contribution in [0, 0.1) is 13.8 Å². The van der Waals surface area contributed by atoms with Crippen molar-refractivity contribution in [2.75, 3.05) is 13.2 Å². The molecule has 7 heteroatoms. The van der Waals surface area contributed by atoms with Crippen LogP contribution in [0.5, 0.6) is 17.2 Å². The summed E-state index contributed by atoms with van der Waals surface area (Å²) in [6.07, 6.45) is 2.51. The van der Waals surface area contributed by atoms with Crippen molar-refractivity contribution in [2.24, 2.45) is 0 Å². The molecular formula is C29H28O7. The molecule has 36 heavy (non-hydrogen) atoms. The summed E-state index contributed by atoms with van der Waals surface area (Å²) >= 11 is 0. The lowest BCUT2D eigenvalue weighted by Crippen LogP contribution is -2.10. The minimum absolute atomic E-state index is 0.314. The first kappa shape index (κ1) is 26.2. The number of ether oxygens (including phenoxy) is 4. The van der Waals surface area contributed by atoms with E-state index in [-0.39, 0.29) is 0 Å². The van der Waals surface area contributed by atoms with E-state index in [4.69, 9.17) is 18.9 Å². The number of unbranched alkanes of at least 4 members (excludes halogenated alkanes) is 1. The van der Waals surface area contributed by atoms with Crippen LogP contribution in [-0.4, -0.2) is 31.1 Å². The summed E-state index contributed by atoms with van der Waals surface area (Å²) in [5.74, 6) is -0.0711. The maximum absolute atomic E-state index is 12.6. The smallest absolute Gasteiger partial charge is 0.343 e. The molecule has 0 aliphatic carbocycles. The van der Waals surface area contributed by atoms with Gasteiger partial charge in [-0.3, -0.25) is 0 Å². The monoisotopic (exact) mass is 488 g/mol. The fraction of sp³-hybridized carbons (Fsp3) is 0.207. The van der Waals surface area contributed by atoms with E-state index in [2.05, 4.69) is 6.58 Å². The van der Waals surface area contributed by atoms with Crippen molar-refractivity contribution in [3.05, 3.63) is 102 Å². The highest BCUT2D eigenvalue weighted by Gasteiger charge is 2.13. The van der Waals surface area contributed by atoms with Crippen molar-refractivity contribution in [2.45, 2.75) is 26.7 Å². The van der Waals surface area contributed by atoms with Gasteiger partial charge in [-0.2, -0.15) is 0 Å². The number of esters is 3. The number of hydrogen-bond acceptors (Lipinski definition) is 7. The quantitative estimate of drug-likeness (QED) is 0.150. The number of rotatable bonds is 11. The lowest BCUT2D eigenvalue weighted by molar-refractivity contribution is -0.137. The molecule has 0 fully saturated rings. The zero-order valence-corrected chi connectivity index (χ0v) is 20.3. The minimum Gasteiger partial charge on any atom is -0.494 e. The van der Waals surface area contributed by atoms with Crippen LogP contribution in [0.1, 0.15) is 44.7 Å². The highest BCUT2D eigenvalue weighted by molar-refractivity contribution is 5.92. The summed E-state index contributed by atoms with van der Waals surface area (Å²) in [6, 6.07) is 18.5. The van der Waals surface area contributed by atoms with Gasteiger partial charge in [-0.25, -0.2) is 14.4 Å². The second-order valence-corrected chi connectivity index (χ2v) is 8.02. The van der Waals surface area contributed by atoms with Crippen molar-refractivity contribution < 1.29 is 33.3 Å². The third-order valence-corrected chi connectivity index (χ3v) is 5.16. The first-order chi connectivity index (χ1) is 17.4. The number of hydrogen-bond donors (Lipinski definition) is 0. The summed E-state index contributed by atoms with van der Waals surface area (Å²) in [4.78, 5) is 35.9. The molecule has 0 saturated heterocycles. The third kappa shape index (κ3) is 7.84. The standard InChI is InChI=1S/C29H28O7/c1-4-27(30)34-18-6-5-17-33-24-13-11-23(12-14-24)29(32)36-26-16-15-25(19-21(26)3)35-28(31)22-9-7-20(2)8-10-22/h4,7-16,19H,1,5-6,17-18H2,2-3H3. The SMILES string of the molecule is C=CC(=O)OCCCCOc1ccc(C(=O)Oc2ccc(OC(=O)c3ccc(C)cc3)cc2C)cc1. The summed E-state index contributed by atoms with van der Waals surface area (Å²) in [7, 11) is 0. The van der Waals surface area contributed by atoms with Crippen molar-refractivity contribution in [1.29, 1.82) is 0 Å². The Kier molecular flexibility index (Phi) is 9.40. The Labute approximate surface area is 210 Å². The average molecular weight is 489 g/mol. The topological polar surface area (TPSA) is 88.1 Å². The predicted molar refractivity (Wildman–Crippen MR) is 135 cm³/mol. The molecule has 0 amide bonds. The Morgan fingerprint density at radius 3 is 1.97 bits per heavy atom. The molecule has 186 valence electrons. The van der Waals surface area contributed by atoms with Gasteiger partial charge in [-0.1, -0.05) is 24.3 Å². The molecule has 3 rings (SSSR count). The van der Waals surface area contributed by atoms with Gasteiger partial charge < -0.3 is 18.9 Å². The first-order valence-electron chi connectivity index (χ1n) is 11.5. The van der Waals surface area contributed by atoms with Crippen LogP contribution in [-0.2, 0) is 9.53 Å². The van der Waals surface area contributed by atoms with E-state index in [0.29, 0.717) is 60.0 Å². The van der Waals surface area contributed by atoms with Gasteiger partial charge in [0.2, 0.25) is 0 Å². The number of carbonyl (C=O) groups is 3. The van der Waals surface area contributed by atoms with E-state index in [1.54, 1.807) is 61.5 Å². The molecule has 3 aromatic rings. The van der Waals surface area contributed by atoms with Crippen LogP contribution >= 0.6 is 0 Å². The Morgan fingerprint density at radius 1 is 0.750 bits per heavy atom. The van der Waals surface area contributed by atoms with Crippen LogP contribution < -0.4 is 14.2 Å². The van der Waals surface area contributed by atoms with Crippen LogP contribution in [0.15, 0.2) is 79.4 Å². The van der Waals surface area contributed by atoms with E-state index < -0.39 is 17.9 Å². The summed E-state index contributed by atoms with van der Waals surface area (Å²) < 4.78 is 21.5. The average Bonchev–Trinajstić information content (AvgIpc) is 2.88. The van der Waals surface area contributed by atoms with Gasteiger partial charge in [0.05, 0.1) is 24.3 Å². The van der Waals surface area contributed by atoms with Gasteiger partial charge in [-0.05, 0) is 86.8 Å². The molecule has 0 aromatic heterocycles. The number of carbonyl (C=O) groups excluding carboxylic acids is 3. The van der Waals surface area contributed by atoms with E-state index in [0.717, 1.165) is 11.6 Å². The van der Waals surface area contributed by atoms with E-state index in [1.165, 1.54) is 0 Å². The lowest BCUT2D eigenvalue weighted by Gasteiger charge is -2.11. The third-order valence-electron chi connectivity index (χ3n) is 5.16. The normalized spacial score (nSPS) is 10.3. The summed E-state index contributed by atoms with van der Waals surface area (Å²) in [6.45, 7) is 7.81. The largest absolute Gasteiger partial charge is 0.494 e. The molecule has 3 aromatic carbocycles. The Bertz CT molecular complexity index is 1210.